The molecule has 0 spiro atoms. The summed E-state index contributed by atoms with van der Waals surface area (Å²) < 4.78 is 5.62. The van der Waals surface area contributed by atoms with Crippen molar-refractivity contribution in [3.63, 3.8) is 0 Å². The Balaban J connectivity index is 2.36. The molecule has 2 rings (SSSR count). The van der Waals surface area contributed by atoms with Gasteiger partial charge in [-0.25, -0.2) is 4.98 Å². The molecule has 0 saturated carbocycles. The molecule has 4 nitrogen and oxygen atoms in total. The van der Waals surface area contributed by atoms with Crippen molar-refractivity contribution in [1.82, 2.24) is 4.98 Å². The maximum atomic E-state index is 11.2. The predicted octanol–water partition coefficient (Wildman–Crippen LogP) is 3.15. The molecular weight excluding hydrogens is 272 g/mol. The Hall–Kier alpha value is -1.20. The van der Waals surface area contributed by atoms with Crippen LogP contribution in [0.4, 0.5) is 0 Å². The first-order chi connectivity index (χ1) is 8.51. The molecule has 96 valence electrons. The van der Waals surface area contributed by atoms with E-state index in [9.17, 15) is 4.79 Å². The molecule has 1 aromatic carbocycles. The Bertz CT molecular complexity index is 597. The van der Waals surface area contributed by atoms with Crippen molar-refractivity contribution >= 4 is 40.4 Å². The molecule has 2 N–H and O–H groups in total. The molecule has 1 aromatic heterocycles. The number of rotatable bonds is 4. The number of halogens is 1. The number of benzene rings is 1. The Morgan fingerprint density at radius 1 is 1.61 bits per heavy atom. The van der Waals surface area contributed by atoms with Crippen LogP contribution in [0, 0.1) is 6.92 Å². The zero-order chi connectivity index (χ0) is 13.3. The van der Waals surface area contributed by atoms with E-state index in [0.29, 0.717) is 27.8 Å². The summed E-state index contributed by atoms with van der Waals surface area (Å²) in [6.07, 6.45) is 0.637. The van der Waals surface area contributed by atoms with Gasteiger partial charge in [-0.2, -0.15) is 0 Å². The van der Waals surface area contributed by atoms with Gasteiger partial charge in [0.15, 0.2) is 5.58 Å². The van der Waals surface area contributed by atoms with Crippen LogP contribution in [0.5, 0.6) is 0 Å². The van der Waals surface area contributed by atoms with Crippen molar-refractivity contribution in [2.45, 2.75) is 30.7 Å². The second kappa shape index (κ2) is 5.20. The highest BCUT2D eigenvalue weighted by Crippen LogP contribution is 2.31. The smallest absolute Gasteiger partial charge is 0.257 e. The van der Waals surface area contributed by atoms with Crippen LogP contribution in [0.2, 0.25) is 5.02 Å². The van der Waals surface area contributed by atoms with E-state index in [1.165, 1.54) is 11.8 Å². The van der Waals surface area contributed by atoms with Gasteiger partial charge in [-0.1, -0.05) is 30.3 Å². The van der Waals surface area contributed by atoms with Gasteiger partial charge in [-0.05, 0) is 31.0 Å². The number of hydrogen-bond donors (Lipinski definition) is 1. The Labute approximate surface area is 114 Å². The van der Waals surface area contributed by atoms with Crippen molar-refractivity contribution in [3.8, 4) is 0 Å². The molecule has 0 bridgehead atoms. The molecule has 18 heavy (non-hydrogen) atoms. The third-order valence-corrected chi connectivity index (χ3v) is 4.00. The Morgan fingerprint density at radius 3 is 2.94 bits per heavy atom. The second-order valence-corrected chi connectivity index (χ2v) is 5.56. The summed E-state index contributed by atoms with van der Waals surface area (Å²) in [5.41, 5.74) is 7.61. The van der Waals surface area contributed by atoms with Crippen LogP contribution in [-0.4, -0.2) is 16.1 Å². The van der Waals surface area contributed by atoms with Gasteiger partial charge in [0.25, 0.3) is 5.22 Å². The molecule has 6 heteroatoms. The maximum Gasteiger partial charge on any atom is 0.257 e. The summed E-state index contributed by atoms with van der Waals surface area (Å²) in [7, 11) is 0. The molecule has 1 atom stereocenters. The molecule has 2 aromatic rings. The lowest BCUT2D eigenvalue weighted by atomic mass is 10.2. The third kappa shape index (κ3) is 2.62. The molecule has 0 unspecified atom stereocenters. The van der Waals surface area contributed by atoms with Gasteiger partial charge in [-0.15, -0.1) is 0 Å². The molecule has 0 aliphatic carbocycles. The number of aryl methyl sites for hydroxylation is 1. The first-order valence-corrected chi connectivity index (χ1v) is 6.79. The summed E-state index contributed by atoms with van der Waals surface area (Å²) in [5, 5.41) is 0.738. The van der Waals surface area contributed by atoms with Crippen LogP contribution >= 0.6 is 23.4 Å². The van der Waals surface area contributed by atoms with Gasteiger partial charge in [-0.3, -0.25) is 4.79 Å². The second-order valence-electron chi connectivity index (χ2n) is 3.97. The van der Waals surface area contributed by atoms with Gasteiger partial charge >= 0.3 is 0 Å². The van der Waals surface area contributed by atoms with E-state index in [1.807, 2.05) is 19.9 Å². The van der Waals surface area contributed by atoms with Crippen molar-refractivity contribution in [3.05, 3.63) is 22.7 Å². The molecule has 0 saturated heterocycles. The fraction of sp³-hybridized carbons (Fsp3) is 0.333. The van der Waals surface area contributed by atoms with E-state index >= 15 is 0 Å². The Kier molecular flexibility index (Phi) is 3.82. The minimum Gasteiger partial charge on any atom is -0.431 e. The molecule has 1 amide bonds. The topological polar surface area (TPSA) is 69.1 Å². The Morgan fingerprint density at radius 2 is 2.33 bits per heavy atom. The quantitative estimate of drug-likeness (QED) is 0.876. The van der Waals surface area contributed by atoms with Gasteiger partial charge in [0.2, 0.25) is 5.91 Å². The highest BCUT2D eigenvalue weighted by atomic mass is 35.5. The van der Waals surface area contributed by atoms with E-state index < -0.39 is 0 Å². The monoisotopic (exact) mass is 284 g/mol. The fourth-order valence-corrected chi connectivity index (χ4v) is 2.73. The number of thioether (sulfide) groups is 1. The average molecular weight is 285 g/mol. The van der Waals surface area contributed by atoms with Crippen molar-refractivity contribution in [1.29, 1.82) is 0 Å². The minimum absolute atomic E-state index is 0.325. The largest absolute Gasteiger partial charge is 0.431 e. The standard InChI is InChI=1S/C12H13ClN2O2S/c1-3-9(11(14)16)18-12-15-8-5-7(13)4-6(2)10(8)17-12/h4-5,9H,3H2,1-2H3,(H2,14,16)/t9-/m1/s1. The van der Waals surface area contributed by atoms with E-state index in [1.54, 1.807) is 6.07 Å². The van der Waals surface area contributed by atoms with Crippen LogP contribution in [0.25, 0.3) is 11.1 Å². The number of nitrogens with two attached hydrogens (primary N) is 1. The van der Waals surface area contributed by atoms with Crippen LogP contribution in [0.3, 0.4) is 0 Å². The van der Waals surface area contributed by atoms with Crippen LogP contribution < -0.4 is 5.73 Å². The molecular formula is C12H13ClN2O2S. The number of carbonyl (C=O) groups excluding carboxylic acids is 1. The van der Waals surface area contributed by atoms with Gasteiger partial charge in [0.05, 0.1) is 5.25 Å². The van der Waals surface area contributed by atoms with Crippen molar-refractivity contribution in [2.75, 3.05) is 0 Å². The third-order valence-electron chi connectivity index (χ3n) is 2.55. The zero-order valence-electron chi connectivity index (χ0n) is 10.1. The molecule has 0 fully saturated rings. The number of fused-ring (bicyclic) bond motifs is 1. The molecule has 0 radical (unpaired) electrons. The van der Waals surface area contributed by atoms with E-state index in [2.05, 4.69) is 4.98 Å². The summed E-state index contributed by atoms with van der Waals surface area (Å²) in [6.45, 7) is 3.80. The lowest BCUT2D eigenvalue weighted by Crippen LogP contribution is -2.24. The first kappa shape index (κ1) is 13.2. The van der Waals surface area contributed by atoms with Crippen molar-refractivity contribution < 1.29 is 9.21 Å². The molecule has 0 aliphatic heterocycles. The van der Waals surface area contributed by atoms with Crippen LogP contribution in [-0.2, 0) is 4.79 Å². The van der Waals surface area contributed by atoms with Gasteiger partial charge in [0, 0.05) is 5.02 Å². The van der Waals surface area contributed by atoms with E-state index in [0.717, 1.165) is 5.56 Å². The minimum atomic E-state index is -0.362. The summed E-state index contributed by atoms with van der Waals surface area (Å²) in [4.78, 5) is 15.5. The van der Waals surface area contributed by atoms with E-state index in [-0.39, 0.29) is 11.2 Å². The average Bonchev–Trinajstić information content (AvgIpc) is 2.68. The summed E-state index contributed by atoms with van der Waals surface area (Å²) in [5.74, 6) is -0.362. The summed E-state index contributed by atoms with van der Waals surface area (Å²) in [6, 6.07) is 3.55. The highest BCUT2D eigenvalue weighted by molar-refractivity contribution is 8.00. The SMILES string of the molecule is CC[C@@H](Sc1nc2cc(Cl)cc(C)c2o1)C(N)=O. The highest BCUT2D eigenvalue weighted by Gasteiger charge is 2.19. The van der Waals surface area contributed by atoms with Crippen molar-refractivity contribution in [2.24, 2.45) is 5.73 Å². The number of primary amides is 1. The van der Waals surface area contributed by atoms with Gasteiger partial charge < -0.3 is 10.2 Å². The fourth-order valence-electron chi connectivity index (χ4n) is 1.65. The number of oxazole rings is 1. The predicted molar refractivity (Wildman–Crippen MR) is 72.9 cm³/mol. The zero-order valence-corrected chi connectivity index (χ0v) is 11.6. The van der Waals surface area contributed by atoms with E-state index in [4.69, 9.17) is 21.8 Å². The number of nitrogens with zero attached hydrogens (tertiary/aromatic N) is 1. The number of hydrogen-bond acceptors (Lipinski definition) is 4. The normalized spacial score (nSPS) is 12.8. The molecule has 1 heterocycles. The van der Waals surface area contributed by atoms with Crippen LogP contribution in [0.15, 0.2) is 21.8 Å². The number of carbonyl (C=O) groups is 1. The van der Waals surface area contributed by atoms with Crippen LogP contribution in [0.1, 0.15) is 18.9 Å². The van der Waals surface area contributed by atoms with Gasteiger partial charge in [0.1, 0.15) is 5.52 Å². The molecule has 0 aliphatic rings. The lowest BCUT2D eigenvalue weighted by Gasteiger charge is -2.05. The first-order valence-electron chi connectivity index (χ1n) is 5.54. The number of amides is 1. The maximum absolute atomic E-state index is 11.2. The number of aromatic nitrogens is 1. The lowest BCUT2D eigenvalue weighted by molar-refractivity contribution is -0.117. The summed E-state index contributed by atoms with van der Waals surface area (Å²) >= 11 is 7.20.